The molecule has 0 radical (unpaired) electrons. The maximum Gasteiger partial charge on any atom is 0.241 e. The van der Waals surface area contributed by atoms with Gasteiger partial charge in [-0.25, -0.2) is 0 Å². The van der Waals surface area contributed by atoms with Crippen molar-refractivity contribution in [2.75, 3.05) is 21.3 Å². The van der Waals surface area contributed by atoms with E-state index in [4.69, 9.17) is 32.7 Å². The Balaban J connectivity index is 1.99. The highest BCUT2D eigenvalue weighted by Gasteiger charge is 2.27. The van der Waals surface area contributed by atoms with Gasteiger partial charge in [-0.05, 0) is 47.7 Å². The number of hydrogen-bond acceptors (Lipinski definition) is 4. The van der Waals surface area contributed by atoms with Gasteiger partial charge < -0.3 is 14.8 Å². The van der Waals surface area contributed by atoms with Crippen LogP contribution in [0.5, 0.6) is 11.5 Å². The molecule has 0 aromatic heterocycles. The average molecular weight is 487 g/mol. The molecule has 3 aromatic carbocycles. The standard InChI is InChI=1S/C26H28Cl2N2O3/c1-29-26(31)24(18-7-5-4-6-8-18)30-21(15-11-17-9-12-19(27)13-10-17)20-14-16-22(32-2)25(33-3)23(20)28/h4-10,12-14,16,21,24,30H,11,15H2,1-3H3,(H,29,31)/t21-,24?/m1/s1. The molecule has 0 aliphatic heterocycles. The number of ether oxygens (including phenoxy) is 2. The van der Waals surface area contributed by atoms with Crippen LogP contribution in [0.1, 0.15) is 35.2 Å². The molecule has 2 atom stereocenters. The second-order valence-corrected chi connectivity index (χ2v) is 8.36. The van der Waals surface area contributed by atoms with E-state index in [1.807, 2.05) is 66.7 Å². The molecule has 3 rings (SSSR count). The van der Waals surface area contributed by atoms with Crippen molar-refractivity contribution in [3.8, 4) is 11.5 Å². The highest BCUT2D eigenvalue weighted by atomic mass is 35.5. The zero-order valence-corrected chi connectivity index (χ0v) is 20.4. The molecule has 5 nitrogen and oxygen atoms in total. The second-order valence-electron chi connectivity index (χ2n) is 7.55. The molecule has 0 saturated carbocycles. The molecule has 0 spiro atoms. The van der Waals surface area contributed by atoms with Crippen LogP contribution < -0.4 is 20.1 Å². The van der Waals surface area contributed by atoms with Gasteiger partial charge in [-0.3, -0.25) is 10.1 Å². The van der Waals surface area contributed by atoms with Crippen molar-refractivity contribution in [2.24, 2.45) is 0 Å². The van der Waals surface area contributed by atoms with Gasteiger partial charge in [0.1, 0.15) is 6.04 Å². The van der Waals surface area contributed by atoms with E-state index in [-0.39, 0.29) is 11.9 Å². The summed E-state index contributed by atoms with van der Waals surface area (Å²) in [5, 5.41) is 7.44. The zero-order chi connectivity index (χ0) is 23.8. The van der Waals surface area contributed by atoms with Crippen LogP contribution in [0.25, 0.3) is 0 Å². The van der Waals surface area contributed by atoms with Crippen LogP contribution >= 0.6 is 23.2 Å². The SMILES string of the molecule is CNC(=O)C(N[C@H](CCc1ccc(Cl)cc1)c1ccc(OC)c(OC)c1Cl)c1ccccc1. The quantitative estimate of drug-likeness (QED) is 0.382. The fourth-order valence-corrected chi connectivity index (χ4v) is 4.27. The van der Waals surface area contributed by atoms with Crippen molar-refractivity contribution in [2.45, 2.75) is 24.9 Å². The van der Waals surface area contributed by atoms with E-state index in [0.717, 1.165) is 23.1 Å². The van der Waals surface area contributed by atoms with E-state index < -0.39 is 6.04 Å². The summed E-state index contributed by atoms with van der Waals surface area (Å²) in [6.45, 7) is 0. The first-order valence-corrected chi connectivity index (χ1v) is 11.4. The first kappa shape index (κ1) is 24.9. The summed E-state index contributed by atoms with van der Waals surface area (Å²) in [5.74, 6) is 0.883. The number of aryl methyl sites for hydroxylation is 1. The van der Waals surface area contributed by atoms with Gasteiger partial charge >= 0.3 is 0 Å². The van der Waals surface area contributed by atoms with Crippen LogP contribution in [0.2, 0.25) is 10.0 Å². The third kappa shape index (κ3) is 6.20. The smallest absolute Gasteiger partial charge is 0.241 e. The molecule has 2 N–H and O–H groups in total. The number of nitrogens with one attached hydrogen (secondary N) is 2. The number of benzene rings is 3. The van der Waals surface area contributed by atoms with Gasteiger partial charge in [0.15, 0.2) is 11.5 Å². The van der Waals surface area contributed by atoms with Gasteiger partial charge in [-0.2, -0.15) is 0 Å². The van der Waals surface area contributed by atoms with Crippen LogP contribution in [0.4, 0.5) is 0 Å². The van der Waals surface area contributed by atoms with Crippen molar-refractivity contribution in [3.63, 3.8) is 0 Å². The molecule has 7 heteroatoms. The molecule has 174 valence electrons. The molecular weight excluding hydrogens is 459 g/mol. The van der Waals surface area contributed by atoms with E-state index in [9.17, 15) is 4.79 Å². The number of rotatable bonds is 10. The lowest BCUT2D eigenvalue weighted by molar-refractivity contribution is -0.123. The number of likely N-dealkylation sites (N-methyl/N-ethyl adjacent to an activating group) is 1. The third-order valence-electron chi connectivity index (χ3n) is 5.53. The Bertz CT molecular complexity index is 1060. The van der Waals surface area contributed by atoms with Crippen molar-refractivity contribution in [3.05, 3.63) is 93.5 Å². The Morgan fingerprint density at radius 2 is 1.64 bits per heavy atom. The molecular formula is C26H28Cl2N2O3. The number of methoxy groups -OCH3 is 2. The minimum Gasteiger partial charge on any atom is -0.493 e. The van der Waals surface area contributed by atoms with Crippen molar-refractivity contribution < 1.29 is 14.3 Å². The largest absolute Gasteiger partial charge is 0.493 e. The van der Waals surface area contributed by atoms with E-state index in [1.54, 1.807) is 21.3 Å². The van der Waals surface area contributed by atoms with Gasteiger partial charge in [0.25, 0.3) is 0 Å². The maximum absolute atomic E-state index is 12.8. The van der Waals surface area contributed by atoms with Crippen molar-refractivity contribution in [1.29, 1.82) is 0 Å². The topological polar surface area (TPSA) is 59.6 Å². The van der Waals surface area contributed by atoms with Crippen molar-refractivity contribution >= 4 is 29.1 Å². The third-order valence-corrected chi connectivity index (χ3v) is 6.18. The lowest BCUT2D eigenvalue weighted by Crippen LogP contribution is -2.38. The first-order chi connectivity index (χ1) is 16.0. The van der Waals surface area contributed by atoms with Crippen molar-refractivity contribution in [1.82, 2.24) is 10.6 Å². The molecule has 0 saturated heterocycles. The molecule has 0 aliphatic carbocycles. The Hall–Kier alpha value is -2.73. The van der Waals surface area contributed by atoms with E-state index >= 15 is 0 Å². The predicted molar refractivity (Wildman–Crippen MR) is 133 cm³/mol. The molecule has 0 bridgehead atoms. The Labute approximate surface area is 205 Å². The van der Waals surface area contributed by atoms with Crippen LogP contribution in [0.3, 0.4) is 0 Å². The second kappa shape index (κ2) is 11.9. The van der Waals surface area contributed by atoms with Gasteiger partial charge in [-0.1, -0.05) is 71.7 Å². The number of carbonyl (C=O) groups excluding carboxylic acids is 1. The lowest BCUT2D eigenvalue weighted by atomic mass is 9.96. The van der Waals surface area contributed by atoms with E-state index in [0.29, 0.717) is 28.0 Å². The summed E-state index contributed by atoms with van der Waals surface area (Å²) in [7, 11) is 4.76. The van der Waals surface area contributed by atoms with Gasteiger partial charge in [0, 0.05) is 18.1 Å². The fraction of sp³-hybridized carbons (Fsp3) is 0.269. The maximum atomic E-state index is 12.8. The zero-order valence-electron chi connectivity index (χ0n) is 18.9. The number of carbonyl (C=O) groups is 1. The van der Waals surface area contributed by atoms with E-state index in [2.05, 4.69) is 10.6 Å². The highest BCUT2D eigenvalue weighted by Crippen LogP contribution is 2.41. The van der Waals surface area contributed by atoms with Crippen LogP contribution in [-0.4, -0.2) is 27.2 Å². The monoisotopic (exact) mass is 486 g/mol. The summed E-state index contributed by atoms with van der Waals surface area (Å²) >= 11 is 12.8. The Morgan fingerprint density at radius 3 is 2.24 bits per heavy atom. The highest BCUT2D eigenvalue weighted by molar-refractivity contribution is 6.33. The summed E-state index contributed by atoms with van der Waals surface area (Å²) in [6.07, 6.45) is 1.45. The van der Waals surface area contributed by atoms with Crippen LogP contribution in [-0.2, 0) is 11.2 Å². The Kier molecular flexibility index (Phi) is 9.01. The average Bonchev–Trinajstić information content (AvgIpc) is 2.85. The first-order valence-electron chi connectivity index (χ1n) is 10.7. The number of hydrogen-bond donors (Lipinski definition) is 2. The molecule has 3 aromatic rings. The molecule has 0 fully saturated rings. The number of amides is 1. The number of halogens is 2. The van der Waals surface area contributed by atoms with Gasteiger partial charge in [-0.15, -0.1) is 0 Å². The minimum absolute atomic E-state index is 0.130. The summed E-state index contributed by atoms with van der Waals surface area (Å²) in [5.41, 5.74) is 2.83. The van der Waals surface area contributed by atoms with Gasteiger partial charge in [0.05, 0.1) is 19.2 Å². The molecule has 0 heterocycles. The molecule has 0 aliphatic rings. The summed E-state index contributed by atoms with van der Waals surface area (Å²) < 4.78 is 10.9. The summed E-state index contributed by atoms with van der Waals surface area (Å²) in [4.78, 5) is 12.8. The predicted octanol–water partition coefficient (Wildman–Crippen LogP) is 5.76. The normalized spacial score (nSPS) is 12.6. The summed E-state index contributed by atoms with van der Waals surface area (Å²) in [6, 6.07) is 20.3. The van der Waals surface area contributed by atoms with Crippen LogP contribution in [0.15, 0.2) is 66.7 Å². The molecule has 1 unspecified atom stereocenters. The molecule has 33 heavy (non-hydrogen) atoms. The Morgan fingerprint density at radius 1 is 0.939 bits per heavy atom. The van der Waals surface area contributed by atoms with E-state index in [1.165, 1.54) is 0 Å². The molecule has 1 amide bonds. The van der Waals surface area contributed by atoms with Crippen LogP contribution in [0, 0.1) is 0 Å². The minimum atomic E-state index is -0.560. The lowest BCUT2D eigenvalue weighted by Gasteiger charge is -2.27. The fourth-order valence-electron chi connectivity index (χ4n) is 3.78. The van der Waals surface area contributed by atoms with Gasteiger partial charge in [0.2, 0.25) is 5.91 Å².